The molecule has 2 rings (SSSR count). The maximum atomic E-state index is 10.0. The van der Waals surface area contributed by atoms with E-state index in [1.165, 1.54) is 70.6 Å². The lowest BCUT2D eigenvalue weighted by molar-refractivity contribution is -0.0240. The van der Waals surface area contributed by atoms with Gasteiger partial charge in [-0.15, -0.1) is 0 Å². The molecule has 0 radical (unpaired) electrons. The fourth-order valence-electron chi connectivity index (χ4n) is 4.44. The van der Waals surface area contributed by atoms with Crippen LogP contribution in [0.25, 0.3) is 0 Å². The first-order chi connectivity index (χ1) is 9.69. The van der Waals surface area contributed by atoms with Gasteiger partial charge in [-0.05, 0) is 46.7 Å². The molecule has 116 valence electrons. The molecule has 20 heavy (non-hydrogen) atoms. The van der Waals surface area contributed by atoms with Gasteiger partial charge in [-0.25, -0.2) is 0 Å². The van der Waals surface area contributed by atoms with Gasteiger partial charge < -0.3 is 5.11 Å². The average molecular weight is 390 g/mol. The third-order valence-corrected chi connectivity index (χ3v) is 6.35. The fraction of sp³-hybridized carbons (Fsp3) is 0.889. The van der Waals surface area contributed by atoms with Crippen molar-refractivity contribution in [3.63, 3.8) is 0 Å². The summed E-state index contributed by atoms with van der Waals surface area (Å²) in [5.74, 6) is 1.55. The zero-order valence-corrected chi connectivity index (χ0v) is 15.1. The van der Waals surface area contributed by atoms with Crippen LogP contribution in [0.2, 0.25) is 0 Å². The highest BCUT2D eigenvalue weighted by Crippen LogP contribution is 2.53. The maximum absolute atomic E-state index is 10.0. The number of hydrogen-bond donors (Lipinski definition) is 1. The molecule has 0 aliphatic heterocycles. The summed E-state index contributed by atoms with van der Waals surface area (Å²) >= 11 is 2.20. The first-order valence-corrected chi connectivity index (χ1v) is 9.88. The van der Waals surface area contributed by atoms with E-state index in [-0.39, 0.29) is 6.10 Å². The molecule has 0 spiro atoms. The van der Waals surface area contributed by atoms with E-state index >= 15 is 0 Å². The number of aliphatic hydroxyl groups excluding tert-OH is 1. The minimum absolute atomic E-state index is 0.204. The van der Waals surface area contributed by atoms with E-state index in [4.69, 9.17) is 0 Å². The summed E-state index contributed by atoms with van der Waals surface area (Å²) in [7, 11) is 0. The van der Waals surface area contributed by atoms with Gasteiger partial charge in [-0.2, -0.15) is 0 Å². The van der Waals surface area contributed by atoms with Gasteiger partial charge in [-0.3, -0.25) is 0 Å². The molecule has 2 saturated carbocycles. The van der Waals surface area contributed by atoms with Crippen LogP contribution in [0.5, 0.6) is 0 Å². The van der Waals surface area contributed by atoms with Crippen molar-refractivity contribution in [3.8, 4) is 0 Å². The summed E-state index contributed by atoms with van der Waals surface area (Å²) in [6.07, 6.45) is 17.2. The van der Waals surface area contributed by atoms with Gasteiger partial charge in [-0.1, -0.05) is 80.9 Å². The fourth-order valence-corrected chi connectivity index (χ4v) is 4.86. The van der Waals surface area contributed by atoms with Crippen molar-refractivity contribution in [3.05, 3.63) is 10.2 Å². The van der Waals surface area contributed by atoms with Crippen LogP contribution in [-0.2, 0) is 0 Å². The van der Waals surface area contributed by atoms with E-state index in [2.05, 4.69) is 29.5 Å². The quantitative estimate of drug-likeness (QED) is 0.541. The Morgan fingerprint density at radius 3 is 2.55 bits per heavy atom. The smallest absolute Gasteiger partial charge is 0.0756 e. The van der Waals surface area contributed by atoms with Gasteiger partial charge in [0.1, 0.15) is 0 Å². The first kappa shape index (κ1) is 16.8. The molecule has 0 aromatic heterocycles. The van der Waals surface area contributed by atoms with Crippen molar-refractivity contribution < 1.29 is 5.11 Å². The zero-order chi connectivity index (χ0) is 14.4. The van der Waals surface area contributed by atoms with E-state index in [1.807, 2.05) is 10.2 Å². The number of halogens is 1. The monoisotopic (exact) mass is 390 g/mol. The van der Waals surface area contributed by atoms with Crippen LogP contribution in [0, 0.1) is 17.3 Å². The third-order valence-electron chi connectivity index (χ3n) is 5.94. The maximum Gasteiger partial charge on any atom is 0.0756 e. The average Bonchev–Trinajstić information content (AvgIpc) is 2.43. The zero-order valence-electron chi connectivity index (χ0n) is 13.0. The molecule has 2 heteroatoms. The SMILES string of the molecule is CCC1(CCCC2CCCCC2)CC(C(O)C=CI)C1. The second-order valence-electron chi connectivity index (χ2n) is 7.23. The van der Waals surface area contributed by atoms with Crippen molar-refractivity contribution in [2.75, 3.05) is 0 Å². The summed E-state index contributed by atoms with van der Waals surface area (Å²) < 4.78 is 1.96. The highest BCUT2D eigenvalue weighted by atomic mass is 127. The highest BCUT2D eigenvalue weighted by molar-refractivity contribution is 14.1. The standard InChI is InChI=1S/C18H31IO/c1-2-18(13-16(14-18)17(20)10-12-19)11-6-9-15-7-4-3-5-8-15/h10,12,15-17,20H,2-9,11,13-14H2,1H3. The van der Waals surface area contributed by atoms with Crippen LogP contribution < -0.4 is 0 Å². The summed E-state index contributed by atoms with van der Waals surface area (Å²) in [4.78, 5) is 0. The predicted octanol–water partition coefficient (Wildman–Crippen LogP) is 5.85. The topological polar surface area (TPSA) is 20.2 Å². The van der Waals surface area contributed by atoms with E-state index in [0.29, 0.717) is 11.3 Å². The van der Waals surface area contributed by atoms with Crippen LogP contribution in [0.1, 0.15) is 77.6 Å². The van der Waals surface area contributed by atoms with Crippen LogP contribution in [0.4, 0.5) is 0 Å². The predicted molar refractivity (Wildman–Crippen MR) is 95.0 cm³/mol. The Kier molecular flexibility index (Phi) is 6.86. The van der Waals surface area contributed by atoms with Gasteiger partial charge in [0.2, 0.25) is 0 Å². The van der Waals surface area contributed by atoms with Crippen LogP contribution >= 0.6 is 22.6 Å². The summed E-state index contributed by atoms with van der Waals surface area (Å²) in [6.45, 7) is 2.34. The molecule has 0 heterocycles. The largest absolute Gasteiger partial charge is 0.389 e. The second-order valence-corrected chi connectivity index (χ2v) is 7.95. The first-order valence-electron chi connectivity index (χ1n) is 8.64. The molecule has 0 bridgehead atoms. The second kappa shape index (κ2) is 8.17. The Labute approximate surface area is 138 Å². The molecule has 2 aliphatic rings. The number of aliphatic hydroxyl groups is 1. The van der Waals surface area contributed by atoms with E-state index < -0.39 is 0 Å². The molecule has 2 fully saturated rings. The molecule has 2 aliphatic carbocycles. The lowest BCUT2D eigenvalue weighted by Gasteiger charge is -2.49. The minimum atomic E-state index is -0.204. The molecule has 0 saturated heterocycles. The molecule has 0 amide bonds. The highest BCUT2D eigenvalue weighted by Gasteiger charge is 2.44. The van der Waals surface area contributed by atoms with E-state index in [9.17, 15) is 5.11 Å². The Morgan fingerprint density at radius 1 is 1.25 bits per heavy atom. The number of rotatable bonds is 7. The Balaban J connectivity index is 1.68. The lowest BCUT2D eigenvalue weighted by Crippen LogP contribution is -2.42. The Hall–Kier alpha value is 0.430. The van der Waals surface area contributed by atoms with Crippen molar-refractivity contribution >= 4 is 22.6 Å². The van der Waals surface area contributed by atoms with Crippen LogP contribution in [0.3, 0.4) is 0 Å². The van der Waals surface area contributed by atoms with E-state index in [1.54, 1.807) is 0 Å². The molecule has 1 unspecified atom stereocenters. The lowest BCUT2D eigenvalue weighted by atomic mass is 9.57. The molecule has 0 aromatic carbocycles. The van der Waals surface area contributed by atoms with Gasteiger partial charge in [0, 0.05) is 0 Å². The van der Waals surface area contributed by atoms with Crippen molar-refractivity contribution in [1.29, 1.82) is 0 Å². The number of hydrogen-bond acceptors (Lipinski definition) is 1. The normalized spacial score (nSPS) is 33.2. The van der Waals surface area contributed by atoms with Gasteiger partial charge in [0.05, 0.1) is 6.10 Å². The van der Waals surface area contributed by atoms with Crippen molar-refractivity contribution in [2.45, 2.75) is 83.7 Å². The van der Waals surface area contributed by atoms with Gasteiger partial charge in [0.25, 0.3) is 0 Å². The molecule has 1 atom stereocenters. The molecule has 1 N–H and O–H groups in total. The van der Waals surface area contributed by atoms with Gasteiger partial charge >= 0.3 is 0 Å². The molecule has 0 aromatic rings. The third kappa shape index (κ3) is 4.46. The van der Waals surface area contributed by atoms with Crippen LogP contribution in [-0.4, -0.2) is 11.2 Å². The van der Waals surface area contributed by atoms with Crippen molar-refractivity contribution in [1.82, 2.24) is 0 Å². The summed E-state index contributed by atoms with van der Waals surface area (Å²) in [5, 5.41) is 10.0. The minimum Gasteiger partial charge on any atom is -0.389 e. The van der Waals surface area contributed by atoms with Crippen molar-refractivity contribution in [2.24, 2.45) is 17.3 Å². The molecule has 1 nitrogen and oxygen atoms in total. The Morgan fingerprint density at radius 2 is 1.95 bits per heavy atom. The molecular formula is C18H31IO. The summed E-state index contributed by atoms with van der Waals surface area (Å²) in [6, 6.07) is 0. The molecular weight excluding hydrogens is 359 g/mol. The van der Waals surface area contributed by atoms with E-state index in [0.717, 1.165) is 5.92 Å². The Bertz CT molecular complexity index is 301. The van der Waals surface area contributed by atoms with Gasteiger partial charge in [0.15, 0.2) is 0 Å². The summed E-state index contributed by atoms with van der Waals surface area (Å²) in [5.41, 5.74) is 0.569. The van der Waals surface area contributed by atoms with Crippen LogP contribution in [0.15, 0.2) is 10.2 Å².